The number of ether oxygens (including phenoxy) is 1. The van der Waals surface area contributed by atoms with Gasteiger partial charge >= 0.3 is 0 Å². The molecule has 1 N–H and O–H groups in total. The van der Waals surface area contributed by atoms with Gasteiger partial charge < -0.3 is 10.1 Å². The Morgan fingerprint density at radius 1 is 1.13 bits per heavy atom. The summed E-state index contributed by atoms with van der Waals surface area (Å²) in [5, 5.41) is 8.22. The Bertz CT molecular complexity index is 804. The van der Waals surface area contributed by atoms with Crippen LogP contribution in [0.4, 0.5) is 0 Å². The summed E-state index contributed by atoms with van der Waals surface area (Å²) in [4.78, 5) is 4.48. The van der Waals surface area contributed by atoms with Gasteiger partial charge in [0.15, 0.2) is 5.65 Å². The van der Waals surface area contributed by atoms with Crippen LogP contribution in [0.1, 0.15) is 24.5 Å². The fraction of sp³-hybridized carbons (Fsp3) is 0.333. The molecule has 5 nitrogen and oxygen atoms in total. The number of piperidine rings is 1. The van der Waals surface area contributed by atoms with E-state index in [1.54, 1.807) is 7.11 Å². The van der Waals surface area contributed by atoms with E-state index in [4.69, 9.17) is 9.84 Å². The second-order valence-electron chi connectivity index (χ2n) is 5.92. The zero-order chi connectivity index (χ0) is 15.6. The lowest BCUT2D eigenvalue weighted by Gasteiger charge is -2.23. The van der Waals surface area contributed by atoms with Crippen molar-refractivity contribution in [1.82, 2.24) is 19.9 Å². The number of hydrogen-bond donors (Lipinski definition) is 1. The van der Waals surface area contributed by atoms with Crippen LogP contribution >= 0.6 is 0 Å². The monoisotopic (exact) mass is 308 g/mol. The van der Waals surface area contributed by atoms with Crippen molar-refractivity contribution in [2.75, 3.05) is 20.2 Å². The molecule has 23 heavy (non-hydrogen) atoms. The average molecular weight is 308 g/mol. The number of hydrogen-bond acceptors (Lipinski definition) is 4. The summed E-state index contributed by atoms with van der Waals surface area (Å²) in [7, 11) is 1.68. The molecule has 0 amide bonds. The maximum Gasteiger partial charge on any atom is 0.155 e. The van der Waals surface area contributed by atoms with Gasteiger partial charge in [0, 0.05) is 29.4 Å². The average Bonchev–Trinajstić information content (AvgIpc) is 3.06. The lowest BCUT2D eigenvalue weighted by atomic mass is 9.94. The van der Waals surface area contributed by atoms with Gasteiger partial charge in [-0.25, -0.2) is 9.50 Å². The second-order valence-corrected chi connectivity index (χ2v) is 5.92. The zero-order valence-electron chi connectivity index (χ0n) is 13.2. The predicted octanol–water partition coefficient (Wildman–Crippen LogP) is 2.87. The maximum absolute atomic E-state index is 5.22. The third-order valence-corrected chi connectivity index (χ3v) is 4.53. The zero-order valence-corrected chi connectivity index (χ0v) is 13.2. The van der Waals surface area contributed by atoms with Crippen LogP contribution in [0.2, 0.25) is 0 Å². The molecule has 3 aromatic rings. The Balaban J connectivity index is 1.74. The Morgan fingerprint density at radius 3 is 2.65 bits per heavy atom. The molecule has 2 aromatic heterocycles. The van der Waals surface area contributed by atoms with E-state index in [0.717, 1.165) is 48.6 Å². The largest absolute Gasteiger partial charge is 0.497 e. The minimum atomic E-state index is 0.547. The van der Waals surface area contributed by atoms with Crippen LogP contribution in [0.25, 0.3) is 16.9 Å². The molecule has 1 fully saturated rings. The van der Waals surface area contributed by atoms with Crippen molar-refractivity contribution >= 4 is 5.65 Å². The molecule has 0 saturated carbocycles. The highest BCUT2D eigenvalue weighted by Crippen LogP contribution is 2.27. The topological polar surface area (TPSA) is 51.5 Å². The SMILES string of the molecule is COc1ccc(-c2cc3nccc(C4CCNCC4)n3n2)cc1. The fourth-order valence-electron chi connectivity index (χ4n) is 3.24. The van der Waals surface area contributed by atoms with Crippen LogP contribution < -0.4 is 10.1 Å². The molecule has 0 aliphatic carbocycles. The third kappa shape index (κ3) is 2.68. The van der Waals surface area contributed by atoms with Gasteiger partial charge in [0.05, 0.1) is 12.8 Å². The molecule has 0 spiro atoms. The Hall–Kier alpha value is -2.40. The van der Waals surface area contributed by atoms with Crippen molar-refractivity contribution in [2.45, 2.75) is 18.8 Å². The van der Waals surface area contributed by atoms with Crippen LogP contribution in [0.15, 0.2) is 42.6 Å². The summed E-state index contributed by atoms with van der Waals surface area (Å²) in [6.07, 6.45) is 4.19. The fourth-order valence-corrected chi connectivity index (χ4v) is 3.24. The minimum absolute atomic E-state index is 0.547. The molecule has 1 aromatic carbocycles. The quantitative estimate of drug-likeness (QED) is 0.808. The summed E-state index contributed by atoms with van der Waals surface area (Å²) < 4.78 is 7.23. The predicted molar refractivity (Wildman–Crippen MR) is 89.8 cm³/mol. The van der Waals surface area contributed by atoms with Crippen molar-refractivity contribution in [3.8, 4) is 17.0 Å². The number of nitrogens with zero attached hydrogens (tertiary/aromatic N) is 3. The highest BCUT2D eigenvalue weighted by molar-refractivity contribution is 5.64. The standard InChI is InChI=1S/C18H20N4O/c1-23-15-4-2-13(3-5-15)16-12-18-20-11-8-17(22(18)21-16)14-6-9-19-10-7-14/h2-5,8,11-12,14,19H,6-7,9-10H2,1H3. The highest BCUT2D eigenvalue weighted by Gasteiger charge is 2.19. The van der Waals surface area contributed by atoms with Gasteiger partial charge in [-0.15, -0.1) is 0 Å². The van der Waals surface area contributed by atoms with Crippen molar-refractivity contribution in [3.05, 3.63) is 48.3 Å². The van der Waals surface area contributed by atoms with Crippen molar-refractivity contribution in [2.24, 2.45) is 0 Å². The van der Waals surface area contributed by atoms with Crippen LogP contribution in [-0.2, 0) is 0 Å². The van der Waals surface area contributed by atoms with E-state index < -0.39 is 0 Å². The summed E-state index contributed by atoms with van der Waals surface area (Å²) in [5.41, 5.74) is 4.19. The van der Waals surface area contributed by atoms with E-state index in [-0.39, 0.29) is 0 Å². The van der Waals surface area contributed by atoms with Gasteiger partial charge in [0.25, 0.3) is 0 Å². The van der Waals surface area contributed by atoms with Gasteiger partial charge in [-0.1, -0.05) is 0 Å². The molecule has 0 unspecified atom stereocenters. The van der Waals surface area contributed by atoms with Crippen LogP contribution in [-0.4, -0.2) is 34.8 Å². The molecule has 0 atom stereocenters. The summed E-state index contributed by atoms with van der Waals surface area (Å²) >= 11 is 0. The Labute approximate surface area is 135 Å². The molecule has 0 bridgehead atoms. The molecule has 4 rings (SSSR count). The van der Waals surface area contributed by atoms with Gasteiger partial charge in [-0.2, -0.15) is 5.10 Å². The molecule has 1 saturated heterocycles. The normalized spacial score (nSPS) is 15.9. The van der Waals surface area contributed by atoms with Gasteiger partial charge in [0.2, 0.25) is 0 Å². The molecule has 5 heteroatoms. The smallest absolute Gasteiger partial charge is 0.155 e. The first kappa shape index (κ1) is 14.2. The summed E-state index contributed by atoms with van der Waals surface area (Å²) in [6.45, 7) is 2.14. The Kier molecular flexibility index (Phi) is 3.71. The number of methoxy groups -OCH3 is 1. The maximum atomic E-state index is 5.22. The Morgan fingerprint density at radius 2 is 1.91 bits per heavy atom. The van der Waals surface area contributed by atoms with Gasteiger partial charge in [-0.3, -0.25) is 0 Å². The first-order chi connectivity index (χ1) is 11.3. The highest BCUT2D eigenvalue weighted by atomic mass is 16.5. The van der Waals surface area contributed by atoms with E-state index in [9.17, 15) is 0 Å². The van der Waals surface area contributed by atoms with E-state index >= 15 is 0 Å². The van der Waals surface area contributed by atoms with Crippen LogP contribution in [0.5, 0.6) is 5.75 Å². The van der Waals surface area contributed by atoms with Crippen LogP contribution in [0, 0.1) is 0 Å². The number of fused-ring (bicyclic) bond motifs is 1. The molecule has 1 aliphatic heterocycles. The molecule has 0 radical (unpaired) electrons. The minimum Gasteiger partial charge on any atom is -0.497 e. The number of aromatic nitrogens is 3. The lowest BCUT2D eigenvalue weighted by molar-refractivity contribution is 0.415. The number of benzene rings is 1. The van der Waals surface area contributed by atoms with E-state index in [1.165, 1.54) is 5.69 Å². The van der Waals surface area contributed by atoms with Crippen molar-refractivity contribution in [3.63, 3.8) is 0 Å². The molecule has 118 valence electrons. The molecule has 1 aliphatic rings. The van der Waals surface area contributed by atoms with Crippen molar-refractivity contribution in [1.29, 1.82) is 0 Å². The molecule has 3 heterocycles. The van der Waals surface area contributed by atoms with Crippen LogP contribution in [0.3, 0.4) is 0 Å². The summed E-state index contributed by atoms with van der Waals surface area (Å²) in [6, 6.07) is 12.1. The summed E-state index contributed by atoms with van der Waals surface area (Å²) in [5.74, 6) is 1.40. The third-order valence-electron chi connectivity index (χ3n) is 4.53. The number of rotatable bonds is 3. The van der Waals surface area contributed by atoms with Gasteiger partial charge in [0.1, 0.15) is 5.75 Å². The number of nitrogens with one attached hydrogen (secondary N) is 1. The first-order valence-corrected chi connectivity index (χ1v) is 8.05. The molecular weight excluding hydrogens is 288 g/mol. The van der Waals surface area contributed by atoms with Gasteiger partial charge in [-0.05, 0) is 56.3 Å². The van der Waals surface area contributed by atoms with E-state index in [2.05, 4.69) is 16.4 Å². The van der Waals surface area contributed by atoms with E-state index in [0.29, 0.717) is 5.92 Å². The lowest BCUT2D eigenvalue weighted by Crippen LogP contribution is -2.27. The first-order valence-electron chi connectivity index (χ1n) is 8.05. The van der Waals surface area contributed by atoms with E-state index in [1.807, 2.05) is 41.0 Å². The molecular formula is C18H20N4O. The second kappa shape index (κ2) is 6.01. The van der Waals surface area contributed by atoms with Crippen molar-refractivity contribution < 1.29 is 4.74 Å².